The average Bonchev–Trinajstić information content (AvgIpc) is 2.74. The monoisotopic (exact) mass is 457 g/mol. The Labute approximate surface area is 180 Å². The van der Waals surface area contributed by atoms with Crippen molar-refractivity contribution in [3.63, 3.8) is 0 Å². The minimum atomic E-state index is -0.676. The Morgan fingerprint density at radius 3 is 2.59 bits per heavy atom. The lowest BCUT2D eigenvalue weighted by molar-refractivity contribution is -0.132. The van der Waals surface area contributed by atoms with Crippen molar-refractivity contribution in [2.24, 2.45) is 0 Å². The summed E-state index contributed by atoms with van der Waals surface area (Å²) in [7, 11) is 1.51. The quantitative estimate of drug-likeness (QED) is 0.432. The predicted molar refractivity (Wildman–Crippen MR) is 116 cm³/mol. The summed E-state index contributed by atoms with van der Waals surface area (Å²) in [6, 6.07) is 15.2. The van der Waals surface area contributed by atoms with Crippen LogP contribution in [0.5, 0.6) is 5.75 Å². The van der Waals surface area contributed by atoms with Gasteiger partial charge in [0.05, 0.1) is 13.7 Å². The third-order valence-electron chi connectivity index (χ3n) is 3.91. The van der Waals surface area contributed by atoms with E-state index in [1.807, 2.05) is 48.5 Å². The first-order valence-electron chi connectivity index (χ1n) is 9.12. The highest BCUT2D eigenvalue weighted by molar-refractivity contribution is 9.10. The first-order chi connectivity index (χ1) is 14.1. The maximum atomic E-state index is 12.6. The summed E-state index contributed by atoms with van der Waals surface area (Å²) in [6.07, 6.45) is 4.12. The summed E-state index contributed by atoms with van der Waals surface area (Å²) >= 11 is 3.40. The summed E-state index contributed by atoms with van der Waals surface area (Å²) in [5.74, 6) is 3.28. The molecule has 0 aliphatic heterocycles. The van der Waals surface area contributed by atoms with Gasteiger partial charge in [-0.1, -0.05) is 46.3 Å². The topological polar surface area (TPSA) is 56.8 Å². The number of ether oxygens (including phenoxy) is 3. The first kappa shape index (κ1) is 22.5. The van der Waals surface area contributed by atoms with Gasteiger partial charge in [-0.3, -0.25) is 4.79 Å². The molecular formula is C23H24BrNO4. The summed E-state index contributed by atoms with van der Waals surface area (Å²) in [5, 5.41) is 2.94. The van der Waals surface area contributed by atoms with Crippen LogP contribution < -0.4 is 10.1 Å². The number of halogens is 1. The average molecular weight is 458 g/mol. The van der Waals surface area contributed by atoms with E-state index in [1.54, 1.807) is 6.08 Å². The van der Waals surface area contributed by atoms with Gasteiger partial charge in [0.25, 0.3) is 5.91 Å². The lowest BCUT2D eigenvalue weighted by atomic mass is 10.1. The largest absolute Gasteiger partial charge is 0.481 e. The van der Waals surface area contributed by atoms with E-state index in [9.17, 15) is 4.79 Å². The second-order valence-corrected chi connectivity index (χ2v) is 6.93. The zero-order valence-electron chi connectivity index (χ0n) is 16.3. The van der Waals surface area contributed by atoms with E-state index in [4.69, 9.17) is 9.47 Å². The third-order valence-corrected chi connectivity index (χ3v) is 4.44. The van der Waals surface area contributed by atoms with Crippen molar-refractivity contribution in [2.45, 2.75) is 12.5 Å². The molecule has 1 unspecified atom stereocenters. The van der Waals surface area contributed by atoms with Gasteiger partial charge in [-0.25, -0.2) is 0 Å². The van der Waals surface area contributed by atoms with Crippen LogP contribution in [0.15, 0.2) is 65.7 Å². The van der Waals surface area contributed by atoms with Crippen molar-refractivity contribution in [3.8, 4) is 17.8 Å². The fraction of sp³-hybridized carbons (Fsp3) is 0.261. The van der Waals surface area contributed by atoms with Gasteiger partial charge < -0.3 is 19.5 Å². The lowest BCUT2D eigenvalue weighted by Gasteiger charge is -2.17. The number of hydrogen-bond acceptors (Lipinski definition) is 4. The van der Waals surface area contributed by atoms with Gasteiger partial charge >= 0.3 is 0 Å². The van der Waals surface area contributed by atoms with Crippen LogP contribution in [0.2, 0.25) is 0 Å². The Hall–Kier alpha value is -2.75. The molecular weight excluding hydrogens is 434 g/mol. The van der Waals surface area contributed by atoms with Crippen LogP contribution in [0.25, 0.3) is 0 Å². The summed E-state index contributed by atoms with van der Waals surface area (Å²) in [6.45, 7) is 4.72. The van der Waals surface area contributed by atoms with Crippen LogP contribution >= 0.6 is 15.9 Å². The summed E-state index contributed by atoms with van der Waals surface area (Å²) in [4.78, 5) is 12.6. The van der Waals surface area contributed by atoms with E-state index in [2.05, 4.69) is 44.6 Å². The van der Waals surface area contributed by atoms with E-state index >= 15 is 0 Å². The number of hydrogen-bond donors (Lipinski definition) is 1. The molecule has 0 saturated carbocycles. The first-order valence-corrected chi connectivity index (χ1v) is 9.91. The maximum Gasteiger partial charge on any atom is 0.253 e. The van der Waals surface area contributed by atoms with Gasteiger partial charge in [-0.15, -0.1) is 6.58 Å². The molecule has 29 heavy (non-hydrogen) atoms. The normalized spacial score (nSPS) is 11.0. The fourth-order valence-corrected chi connectivity index (χ4v) is 2.79. The maximum absolute atomic E-state index is 12.6. The Morgan fingerprint density at radius 1 is 1.21 bits per heavy atom. The molecule has 5 nitrogen and oxygen atoms in total. The summed E-state index contributed by atoms with van der Waals surface area (Å²) in [5.41, 5.74) is 1.89. The molecule has 2 rings (SSSR count). The predicted octanol–water partition coefficient (Wildman–Crippen LogP) is 4.04. The Bertz CT molecular complexity index is 838. The summed E-state index contributed by atoms with van der Waals surface area (Å²) < 4.78 is 16.7. The van der Waals surface area contributed by atoms with Crippen LogP contribution in [0.3, 0.4) is 0 Å². The van der Waals surface area contributed by atoms with E-state index in [1.165, 1.54) is 7.11 Å². The molecule has 0 bridgehead atoms. The molecule has 1 N–H and O–H groups in total. The van der Waals surface area contributed by atoms with Crippen molar-refractivity contribution in [3.05, 3.63) is 76.8 Å². The molecule has 1 amide bonds. The molecule has 2 aromatic rings. The molecule has 0 spiro atoms. The van der Waals surface area contributed by atoms with E-state index < -0.39 is 6.10 Å². The molecule has 0 fully saturated rings. The van der Waals surface area contributed by atoms with E-state index in [0.29, 0.717) is 19.6 Å². The Balaban J connectivity index is 1.86. The number of methoxy groups -OCH3 is 1. The molecule has 6 heteroatoms. The Morgan fingerprint density at radius 2 is 1.93 bits per heavy atom. The number of amides is 1. The lowest BCUT2D eigenvalue weighted by Crippen LogP contribution is -2.32. The standard InChI is InChI=1S/C23H24BrNO4/c1-3-15-29-22(19-7-9-20(24)10-8-19)23(26)25-14-13-18-5-11-21(12-6-18)28-17-4-16-27-2/h3,5-12,22H,1,13-15,17H2,2H3,(H,25,26). The van der Waals surface area contributed by atoms with Crippen molar-refractivity contribution >= 4 is 21.8 Å². The molecule has 152 valence electrons. The molecule has 0 aliphatic rings. The van der Waals surface area contributed by atoms with E-state index in [0.717, 1.165) is 21.3 Å². The highest BCUT2D eigenvalue weighted by atomic mass is 79.9. The van der Waals surface area contributed by atoms with Crippen LogP contribution in [0.4, 0.5) is 0 Å². The Kier molecular flexibility index (Phi) is 9.84. The fourth-order valence-electron chi connectivity index (χ4n) is 2.52. The SMILES string of the molecule is C=CCOC(C(=O)NCCc1ccc(OCC#COC)cc1)c1ccc(Br)cc1. The molecule has 0 aromatic heterocycles. The second-order valence-electron chi connectivity index (χ2n) is 6.01. The smallest absolute Gasteiger partial charge is 0.253 e. The highest BCUT2D eigenvalue weighted by Gasteiger charge is 2.20. The van der Waals surface area contributed by atoms with Crippen molar-refractivity contribution in [2.75, 3.05) is 26.9 Å². The van der Waals surface area contributed by atoms with Gasteiger partial charge in [0.15, 0.2) is 12.7 Å². The number of benzene rings is 2. The molecule has 0 heterocycles. The van der Waals surface area contributed by atoms with Gasteiger partial charge in [-0.05, 0) is 47.7 Å². The van der Waals surface area contributed by atoms with Gasteiger partial charge in [0.1, 0.15) is 11.9 Å². The number of rotatable bonds is 10. The number of carbonyl (C=O) groups excluding carboxylic acids is 1. The van der Waals surface area contributed by atoms with E-state index in [-0.39, 0.29) is 12.5 Å². The van der Waals surface area contributed by atoms with Crippen LogP contribution in [0.1, 0.15) is 17.2 Å². The third kappa shape index (κ3) is 8.02. The van der Waals surface area contributed by atoms with Crippen molar-refractivity contribution in [1.29, 1.82) is 0 Å². The zero-order chi connectivity index (χ0) is 20.9. The molecule has 2 aromatic carbocycles. The molecule has 0 radical (unpaired) electrons. The van der Waals surface area contributed by atoms with Crippen molar-refractivity contribution in [1.82, 2.24) is 5.32 Å². The molecule has 0 aliphatic carbocycles. The van der Waals surface area contributed by atoms with Crippen LogP contribution in [-0.2, 0) is 20.7 Å². The minimum absolute atomic E-state index is 0.175. The second kappa shape index (κ2) is 12.7. The number of carbonyl (C=O) groups is 1. The zero-order valence-corrected chi connectivity index (χ0v) is 17.9. The van der Waals surface area contributed by atoms with Crippen LogP contribution in [0, 0.1) is 12.0 Å². The molecule has 0 saturated heterocycles. The van der Waals surface area contributed by atoms with Crippen molar-refractivity contribution < 1.29 is 19.0 Å². The van der Waals surface area contributed by atoms with Gasteiger partial charge in [-0.2, -0.15) is 0 Å². The highest BCUT2D eigenvalue weighted by Crippen LogP contribution is 2.20. The number of nitrogens with one attached hydrogen (secondary N) is 1. The van der Waals surface area contributed by atoms with Crippen LogP contribution in [-0.4, -0.2) is 32.8 Å². The minimum Gasteiger partial charge on any atom is -0.481 e. The van der Waals surface area contributed by atoms with Gasteiger partial charge in [0.2, 0.25) is 0 Å². The molecule has 1 atom stereocenters. The van der Waals surface area contributed by atoms with Gasteiger partial charge in [0, 0.05) is 11.0 Å².